The fraction of sp³-hybridized carbons (Fsp3) is 0. The molecule has 0 unspecified atom stereocenters. The fourth-order valence-electron chi connectivity index (χ4n) is 2.35. The number of benzene rings is 3. The van der Waals surface area contributed by atoms with Gasteiger partial charge in [-0.2, -0.15) is 0 Å². The number of carboxylic acid groups (broad SMARTS) is 1. The molecule has 0 bridgehead atoms. The Hall–Kier alpha value is -3.13. The molecule has 0 radical (unpaired) electrons. The summed E-state index contributed by atoms with van der Waals surface area (Å²) in [5.41, 5.74) is 4.77. The van der Waals surface area contributed by atoms with Crippen molar-refractivity contribution in [3.63, 3.8) is 0 Å². The average Bonchev–Trinajstić information content (AvgIpc) is 2.61. The summed E-state index contributed by atoms with van der Waals surface area (Å²) in [5.74, 6) is -0.906. The standard InChI is InChI=1S/C21H16O2/c22-21(23)20-14-10-17(11-15-20)7-6-16-8-12-19(13-9-16)18-4-2-1-3-5-18/h1-15H,(H,22,23). The van der Waals surface area contributed by atoms with Crippen molar-refractivity contribution in [1.82, 2.24) is 0 Å². The molecule has 0 spiro atoms. The maximum absolute atomic E-state index is 10.8. The van der Waals surface area contributed by atoms with Gasteiger partial charge in [0, 0.05) is 0 Å². The SMILES string of the molecule is O=C(O)c1ccc(C=Cc2ccc(-c3ccccc3)cc2)cc1. The maximum Gasteiger partial charge on any atom is 0.335 e. The molecule has 0 amide bonds. The van der Waals surface area contributed by atoms with Gasteiger partial charge in [-0.15, -0.1) is 0 Å². The number of hydrogen-bond donors (Lipinski definition) is 1. The third-order valence-corrected chi connectivity index (χ3v) is 3.64. The highest BCUT2D eigenvalue weighted by atomic mass is 16.4. The minimum atomic E-state index is -0.906. The van der Waals surface area contributed by atoms with Crippen LogP contribution < -0.4 is 0 Å². The molecular formula is C21H16O2. The summed E-state index contributed by atoms with van der Waals surface area (Å²) < 4.78 is 0. The van der Waals surface area contributed by atoms with Crippen molar-refractivity contribution in [2.75, 3.05) is 0 Å². The highest BCUT2D eigenvalue weighted by molar-refractivity contribution is 5.88. The second-order valence-electron chi connectivity index (χ2n) is 5.25. The minimum absolute atomic E-state index is 0.300. The van der Waals surface area contributed by atoms with Crippen molar-refractivity contribution in [1.29, 1.82) is 0 Å². The van der Waals surface area contributed by atoms with Crippen LogP contribution in [-0.2, 0) is 0 Å². The second-order valence-corrected chi connectivity index (χ2v) is 5.25. The van der Waals surface area contributed by atoms with E-state index < -0.39 is 5.97 Å². The van der Waals surface area contributed by atoms with E-state index in [4.69, 9.17) is 5.11 Å². The fourth-order valence-corrected chi connectivity index (χ4v) is 2.35. The molecule has 2 heteroatoms. The van der Waals surface area contributed by atoms with E-state index in [1.165, 1.54) is 11.1 Å². The van der Waals surface area contributed by atoms with Crippen LogP contribution in [0.3, 0.4) is 0 Å². The summed E-state index contributed by atoms with van der Waals surface area (Å²) in [7, 11) is 0. The third kappa shape index (κ3) is 3.74. The molecule has 3 aromatic rings. The molecule has 0 fully saturated rings. The highest BCUT2D eigenvalue weighted by Crippen LogP contribution is 2.20. The maximum atomic E-state index is 10.8. The third-order valence-electron chi connectivity index (χ3n) is 3.64. The van der Waals surface area contributed by atoms with Crippen LogP contribution in [0.15, 0.2) is 78.9 Å². The van der Waals surface area contributed by atoms with Gasteiger partial charge in [0.05, 0.1) is 5.56 Å². The molecular weight excluding hydrogens is 284 g/mol. The molecule has 3 rings (SSSR count). The monoisotopic (exact) mass is 300 g/mol. The lowest BCUT2D eigenvalue weighted by atomic mass is 10.0. The normalized spacial score (nSPS) is 10.8. The largest absolute Gasteiger partial charge is 0.478 e. The van der Waals surface area contributed by atoms with E-state index in [0.29, 0.717) is 5.56 Å². The van der Waals surface area contributed by atoms with Crippen LogP contribution in [0.2, 0.25) is 0 Å². The van der Waals surface area contributed by atoms with Crippen LogP contribution in [0.25, 0.3) is 23.3 Å². The Morgan fingerprint density at radius 1 is 0.652 bits per heavy atom. The van der Waals surface area contributed by atoms with Gasteiger partial charge in [-0.1, -0.05) is 78.9 Å². The van der Waals surface area contributed by atoms with Gasteiger partial charge in [0.15, 0.2) is 0 Å². The Morgan fingerprint density at radius 2 is 1.13 bits per heavy atom. The Balaban J connectivity index is 1.74. The Morgan fingerprint density at radius 3 is 1.65 bits per heavy atom. The predicted molar refractivity (Wildman–Crippen MR) is 94.2 cm³/mol. The van der Waals surface area contributed by atoms with Crippen molar-refractivity contribution in [2.24, 2.45) is 0 Å². The topological polar surface area (TPSA) is 37.3 Å². The quantitative estimate of drug-likeness (QED) is 0.670. The molecule has 0 aromatic heterocycles. The van der Waals surface area contributed by atoms with Crippen LogP contribution >= 0.6 is 0 Å². The summed E-state index contributed by atoms with van der Waals surface area (Å²) in [6.45, 7) is 0. The number of carbonyl (C=O) groups is 1. The van der Waals surface area contributed by atoms with Gasteiger partial charge in [-0.3, -0.25) is 0 Å². The zero-order chi connectivity index (χ0) is 16.1. The molecule has 0 saturated heterocycles. The van der Waals surface area contributed by atoms with Gasteiger partial charge < -0.3 is 5.11 Å². The van der Waals surface area contributed by atoms with E-state index >= 15 is 0 Å². The van der Waals surface area contributed by atoms with E-state index in [1.54, 1.807) is 24.3 Å². The summed E-state index contributed by atoms with van der Waals surface area (Å²) in [5, 5.41) is 8.89. The lowest BCUT2D eigenvalue weighted by Crippen LogP contribution is -1.94. The van der Waals surface area contributed by atoms with Crippen molar-refractivity contribution in [2.45, 2.75) is 0 Å². The number of carboxylic acids is 1. The molecule has 0 heterocycles. The van der Waals surface area contributed by atoms with E-state index in [0.717, 1.165) is 11.1 Å². The molecule has 0 aliphatic rings. The Kier molecular flexibility index (Phi) is 4.34. The first-order chi connectivity index (χ1) is 11.2. The van der Waals surface area contributed by atoms with Crippen LogP contribution in [0.4, 0.5) is 0 Å². The van der Waals surface area contributed by atoms with Gasteiger partial charge in [0.2, 0.25) is 0 Å². The van der Waals surface area contributed by atoms with Crippen molar-refractivity contribution in [3.8, 4) is 11.1 Å². The first kappa shape index (κ1) is 14.8. The van der Waals surface area contributed by atoms with E-state index in [9.17, 15) is 4.79 Å². The molecule has 0 atom stereocenters. The first-order valence-corrected chi connectivity index (χ1v) is 7.39. The molecule has 0 aliphatic heterocycles. The molecule has 112 valence electrons. The van der Waals surface area contributed by atoms with E-state index in [2.05, 4.69) is 36.4 Å². The van der Waals surface area contributed by atoms with Crippen LogP contribution in [0.5, 0.6) is 0 Å². The average molecular weight is 300 g/mol. The van der Waals surface area contributed by atoms with Crippen LogP contribution in [-0.4, -0.2) is 11.1 Å². The first-order valence-electron chi connectivity index (χ1n) is 7.39. The Labute approximate surface area is 135 Å². The van der Waals surface area contributed by atoms with Crippen LogP contribution in [0.1, 0.15) is 21.5 Å². The summed E-state index contributed by atoms with van der Waals surface area (Å²) in [6, 6.07) is 25.4. The molecule has 0 aliphatic carbocycles. The van der Waals surface area contributed by atoms with Gasteiger partial charge in [0.1, 0.15) is 0 Å². The molecule has 3 aromatic carbocycles. The summed E-state index contributed by atoms with van der Waals surface area (Å²) >= 11 is 0. The Bertz CT molecular complexity index is 814. The molecule has 0 saturated carbocycles. The lowest BCUT2D eigenvalue weighted by molar-refractivity contribution is 0.0697. The zero-order valence-corrected chi connectivity index (χ0v) is 12.5. The summed E-state index contributed by atoms with van der Waals surface area (Å²) in [4.78, 5) is 10.8. The number of rotatable bonds is 4. The smallest absolute Gasteiger partial charge is 0.335 e. The van der Waals surface area contributed by atoms with E-state index in [-0.39, 0.29) is 0 Å². The van der Waals surface area contributed by atoms with Crippen molar-refractivity contribution < 1.29 is 9.90 Å². The zero-order valence-electron chi connectivity index (χ0n) is 12.5. The summed E-state index contributed by atoms with van der Waals surface area (Å²) in [6.07, 6.45) is 3.99. The van der Waals surface area contributed by atoms with Gasteiger partial charge >= 0.3 is 5.97 Å². The lowest BCUT2D eigenvalue weighted by Gasteiger charge is -2.02. The van der Waals surface area contributed by atoms with E-state index in [1.807, 2.05) is 30.4 Å². The van der Waals surface area contributed by atoms with Crippen molar-refractivity contribution >= 4 is 18.1 Å². The van der Waals surface area contributed by atoms with Gasteiger partial charge in [-0.25, -0.2) is 4.79 Å². The van der Waals surface area contributed by atoms with Gasteiger partial charge in [0.25, 0.3) is 0 Å². The van der Waals surface area contributed by atoms with Crippen molar-refractivity contribution in [3.05, 3.63) is 95.6 Å². The minimum Gasteiger partial charge on any atom is -0.478 e. The second kappa shape index (κ2) is 6.75. The predicted octanol–water partition coefficient (Wildman–Crippen LogP) is 5.22. The number of aromatic carboxylic acids is 1. The molecule has 2 nitrogen and oxygen atoms in total. The molecule has 1 N–H and O–H groups in total. The highest BCUT2D eigenvalue weighted by Gasteiger charge is 2.00. The van der Waals surface area contributed by atoms with Gasteiger partial charge in [-0.05, 0) is 34.4 Å². The van der Waals surface area contributed by atoms with Crippen LogP contribution in [0, 0.1) is 0 Å². The number of hydrogen-bond acceptors (Lipinski definition) is 1. The molecule has 23 heavy (non-hydrogen) atoms.